The van der Waals surface area contributed by atoms with Gasteiger partial charge in [0.1, 0.15) is 0 Å². The highest BCUT2D eigenvalue weighted by molar-refractivity contribution is 6.70. The van der Waals surface area contributed by atoms with E-state index in [1.807, 2.05) is 19.6 Å². The Labute approximate surface area is 92.1 Å². The summed E-state index contributed by atoms with van der Waals surface area (Å²) in [7, 11) is -0.711. The fraction of sp³-hybridized carbons (Fsp3) is 0.800. The lowest BCUT2D eigenvalue weighted by molar-refractivity contribution is -0.164. The Balaban J connectivity index is 5.04. The maximum absolute atomic E-state index is 11.7. The quantitative estimate of drug-likeness (QED) is 0.412. The maximum Gasteiger partial charge on any atom is 0.344 e. The van der Waals surface area contributed by atoms with E-state index in [2.05, 4.69) is 4.74 Å². The Hall–Kier alpha value is -0.683. The van der Waals surface area contributed by atoms with Gasteiger partial charge < -0.3 is 9.16 Å². The molecule has 0 rings (SSSR count). The van der Waals surface area contributed by atoms with Crippen molar-refractivity contribution in [3.8, 4) is 0 Å². The Morgan fingerprint density at radius 2 is 1.73 bits per heavy atom. The molecule has 0 spiro atoms. The molecular weight excluding hydrogens is 212 g/mol. The van der Waals surface area contributed by atoms with Gasteiger partial charge in [-0.25, -0.2) is 4.79 Å². The van der Waals surface area contributed by atoms with E-state index in [0.717, 1.165) is 0 Å². The van der Waals surface area contributed by atoms with E-state index in [4.69, 9.17) is 4.43 Å². The first kappa shape index (κ1) is 14.3. The summed E-state index contributed by atoms with van der Waals surface area (Å²) in [4.78, 5) is 23.3. The second-order valence-electron chi connectivity index (χ2n) is 4.52. The number of esters is 1. The Morgan fingerprint density at radius 1 is 1.27 bits per heavy atom. The number of rotatable bonds is 5. The topological polar surface area (TPSA) is 52.6 Å². The van der Waals surface area contributed by atoms with Crippen LogP contribution in [0.3, 0.4) is 0 Å². The molecule has 0 aromatic rings. The average molecular weight is 232 g/mol. The van der Waals surface area contributed by atoms with Crippen LogP contribution >= 0.6 is 0 Å². The lowest BCUT2D eigenvalue weighted by atomic mass is 9.99. The molecule has 0 aliphatic rings. The van der Waals surface area contributed by atoms with Gasteiger partial charge in [0.25, 0.3) is 0 Å². The van der Waals surface area contributed by atoms with Crippen LogP contribution in [-0.2, 0) is 18.8 Å². The highest BCUT2D eigenvalue weighted by atomic mass is 28.4. The van der Waals surface area contributed by atoms with Crippen molar-refractivity contribution in [3.63, 3.8) is 0 Å². The van der Waals surface area contributed by atoms with Gasteiger partial charge in [0, 0.05) is 6.42 Å². The number of hydrogen-bond acceptors (Lipinski definition) is 4. The van der Waals surface area contributed by atoms with Crippen molar-refractivity contribution in [3.05, 3.63) is 0 Å². The van der Waals surface area contributed by atoms with E-state index in [-0.39, 0.29) is 12.2 Å². The number of Topliss-reactive ketones (excluding diaryl/α,β-unsaturated/α-hetero) is 1. The van der Waals surface area contributed by atoms with Crippen molar-refractivity contribution in [1.82, 2.24) is 0 Å². The molecule has 0 bridgehead atoms. The monoisotopic (exact) mass is 232 g/mol. The molecule has 0 amide bonds. The van der Waals surface area contributed by atoms with Gasteiger partial charge in [0.05, 0.1) is 7.11 Å². The van der Waals surface area contributed by atoms with E-state index >= 15 is 0 Å². The van der Waals surface area contributed by atoms with Crippen molar-refractivity contribution in [2.45, 2.75) is 45.5 Å². The molecule has 0 aromatic carbocycles. The first-order chi connectivity index (χ1) is 6.67. The average Bonchev–Trinajstić information content (AvgIpc) is 2.12. The SMILES string of the molecule is CCC(=O)[C@](C)(O[Si](C)(C)C)C(=O)OC. The fourth-order valence-electron chi connectivity index (χ4n) is 1.36. The van der Waals surface area contributed by atoms with Gasteiger partial charge >= 0.3 is 5.97 Å². The minimum absolute atomic E-state index is 0.239. The van der Waals surface area contributed by atoms with Crippen LogP contribution < -0.4 is 0 Å². The number of carbonyl (C=O) groups excluding carboxylic acids is 2. The summed E-state index contributed by atoms with van der Waals surface area (Å²) in [5.41, 5.74) is -1.44. The molecule has 0 aliphatic heterocycles. The molecule has 88 valence electrons. The van der Waals surface area contributed by atoms with Gasteiger partial charge in [0.15, 0.2) is 14.1 Å². The summed E-state index contributed by atoms with van der Waals surface area (Å²) in [5, 5.41) is 0. The van der Waals surface area contributed by atoms with E-state index in [0.29, 0.717) is 0 Å². The molecule has 0 saturated carbocycles. The maximum atomic E-state index is 11.7. The number of methoxy groups -OCH3 is 1. The van der Waals surface area contributed by atoms with Crippen molar-refractivity contribution in [2.24, 2.45) is 0 Å². The van der Waals surface area contributed by atoms with Gasteiger partial charge in [-0.05, 0) is 26.6 Å². The van der Waals surface area contributed by atoms with Gasteiger partial charge in [-0.1, -0.05) is 6.92 Å². The fourth-order valence-corrected chi connectivity index (χ4v) is 2.78. The van der Waals surface area contributed by atoms with Crippen LogP contribution in [0, 0.1) is 0 Å². The smallest absolute Gasteiger partial charge is 0.344 e. The molecule has 15 heavy (non-hydrogen) atoms. The molecule has 5 heteroatoms. The summed E-state index contributed by atoms with van der Waals surface area (Å²) in [5.74, 6) is -0.853. The Morgan fingerprint density at radius 3 is 2.00 bits per heavy atom. The number of hydrogen-bond donors (Lipinski definition) is 0. The molecule has 0 heterocycles. The van der Waals surface area contributed by atoms with Crippen LogP contribution in [0.15, 0.2) is 0 Å². The van der Waals surface area contributed by atoms with Crippen molar-refractivity contribution in [1.29, 1.82) is 0 Å². The van der Waals surface area contributed by atoms with Gasteiger partial charge in [-0.2, -0.15) is 0 Å². The molecule has 0 aliphatic carbocycles. The molecule has 0 saturated heterocycles. The van der Waals surface area contributed by atoms with Crippen molar-refractivity contribution in [2.75, 3.05) is 7.11 Å². The minimum Gasteiger partial charge on any atom is -0.467 e. The highest BCUT2D eigenvalue weighted by Gasteiger charge is 2.45. The number of carbonyl (C=O) groups is 2. The van der Waals surface area contributed by atoms with Gasteiger partial charge in [-0.15, -0.1) is 0 Å². The van der Waals surface area contributed by atoms with E-state index in [1.165, 1.54) is 14.0 Å². The van der Waals surface area contributed by atoms with Crippen molar-refractivity contribution < 1.29 is 18.8 Å². The summed E-state index contributed by atoms with van der Waals surface area (Å²) < 4.78 is 10.3. The zero-order valence-electron chi connectivity index (χ0n) is 10.3. The normalized spacial score (nSPS) is 15.6. The second kappa shape index (κ2) is 4.89. The first-order valence-corrected chi connectivity index (χ1v) is 8.40. The zero-order valence-corrected chi connectivity index (χ0v) is 11.3. The molecule has 1 atom stereocenters. The number of ether oxygens (including phenoxy) is 1. The summed E-state index contributed by atoms with van der Waals surface area (Å²) in [6, 6.07) is 0. The molecule has 0 radical (unpaired) electrons. The van der Waals surface area contributed by atoms with Crippen LogP contribution in [0.1, 0.15) is 20.3 Å². The molecule has 0 unspecified atom stereocenters. The molecule has 0 N–H and O–H groups in total. The predicted molar refractivity (Wildman–Crippen MR) is 60.2 cm³/mol. The lowest BCUT2D eigenvalue weighted by Crippen LogP contribution is -2.52. The van der Waals surface area contributed by atoms with E-state index < -0.39 is 19.9 Å². The standard InChI is InChI=1S/C10H20O4Si/c1-7-8(11)10(2,9(12)13-3)14-15(4,5)6/h7H2,1-6H3/t10-/m0/s1. The van der Waals surface area contributed by atoms with Gasteiger partial charge in [-0.3, -0.25) is 4.79 Å². The zero-order chi connectivity index (χ0) is 12.3. The molecule has 0 aromatic heterocycles. The third-order valence-corrected chi connectivity index (χ3v) is 2.96. The lowest BCUT2D eigenvalue weighted by Gasteiger charge is -2.32. The van der Waals surface area contributed by atoms with Gasteiger partial charge in [0.2, 0.25) is 5.60 Å². The molecule has 4 nitrogen and oxygen atoms in total. The minimum atomic E-state index is -1.97. The second-order valence-corrected chi connectivity index (χ2v) is 8.94. The third kappa shape index (κ3) is 3.75. The summed E-state index contributed by atoms with van der Waals surface area (Å²) in [6.45, 7) is 8.98. The summed E-state index contributed by atoms with van der Waals surface area (Å²) in [6.07, 6.45) is 0.260. The van der Waals surface area contributed by atoms with E-state index in [1.54, 1.807) is 6.92 Å². The van der Waals surface area contributed by atoms with Crippen LogP contribution in [0.4, 0.5) is 0 Å². The summed E-state index contributed by atoms with van der Waals surface area (Å²) >= 11 is 0. The van der Waals surface area contributed by atoms with Crippen LogP contribution in [-0.4, -0.2) is 32.8 Å². The third-order valence-electron chi connectivity index (χ3n) is 1.94. The largest absolute Gasteiger partial charge is 0.467 e. The molecule has 0 fully saturated rings. The Kier molecular flexibility index (Phi) is 4.67. The predicted octanol–water partition coefficient (Wildman–Crippen LogP) is 1.75. The first-order valence-electron chi connectivity index (χ1n) is 4.99. The van der Waals surface area contributed by atoms with Crippen LogP contribution in [0.25, 0.3) is 0 Å². The van der Waals surface area contributed by atoms with E-state index in [9.17, 15) is 9.59 Å². The molecular formula is C10H20O4Si. The van der Waals surface area contributed by atoms with Crippen molar-refractivity contribution >= 4 is 20.1 Å². The van der Waals surface area contributed by atoms with Crippen LogP contribution in [0.2, 0.25) is 19.6 Å². The van der Waals surface area contributed by atoms with Crippen LogP contribution in [0.5, 0.6) is 0 Å². The highest BCUT2D eigenvalue weighted by Crippen LogP contribution is 2.21. The Bertz CT molecular complexity index is 239. The number of ketones is 1.